The molecule has 1 fully saturated rings. The quantitative estimate of drug-likeness (QED) is 0.454. The summed E-state index contributed by atoms with van der Waals surface area (Å²) in [5.41, 5.74) is 13.9. The third-order valence-corrected chi connectivity index (χ3v) is 7.87. The number of carbonyl (C=O) groups is 2. The minimum atomic E-state index is -0.777. The normalized spacial score (nSPS) is 21.5. The second-order valence-corrected chi connectivity index (χ2v) is 10.4. The minimum absolute atomic E-state index is 0.00991. The molecule has 4 rings (SSSR count). The number of nitrogens with two attached hydrogens (primary N) is 2. The number of thiazole rings is 1. The molecule has 4 atom stereocenters. The molecule has 1 saturated carbocycles. The largest absolute Gasteiger partial charge is 0.453 e. The highest BCUT2D eigenvalue weighted by Gasteiger charge is 2.39. The summed E-state index contributed by atoms with van der Waals surface area (Å²) in [4.78, 5) is 35.2. The van der Waals surface area contributed by atoms with E-state index in [2.05, 4.69) is 9.97 Å². The summed E-state index contributed by atoms with van der Waals surface area (Å²) in [5, 5.41) is 0.103. The number of nitrogen functional groups attached to an aromatic ring is 1. The second kappa shape index (κ2) is 10.9. The Morgan fingerprint density at radius 3 is 2.57 bits per heavy atom. The zero-order chi connectivity index (χ0) is 26.9. The van der Waals surface area contributed by atoms with Crippen molar-refractivity contribution in [1.29, 1.82) is 0 Å². The van der Waals surface area contributed by atoms with Gasteiger partial charge in [-0.2, -0.15) is 0 Å². The first-order valence-electron chi connectivity index (χ1n) is 11.8. The number of likely N-dealkylation sites (N-methyl/N-ethyl adjacent to an activating group) is 1. The van der Waals surface area contributed by atoms with Crippen LogP contribution in [-0.4, -0.2) is 53.0 Å². The first-order chi connectivity index (χ1) is 17.6. The van der Waals surface area contributed by atoms with Gasteiger partial charge in [0.25, 0.3) is 0 Å². The molecule has 3 aromatic rings. The number of methoxy groups -OCH3 is 1. The van der Waals surface area contributed by atoms with Crippen LogP contribution in [0.3, 0.4) is 0 Å². The standard InChI is InChI=1S/C26H29F2N5O3S/c1-13-9-14(10-19(29)23(13)33(2)26(35)36-3)16-7-8-31-12-15(16)11-20(34)22-24(30)37-25(32-22)21-17(27)5-4-6-18(21)28/h4-8,12-14,19,23H,9-11,29-30H2,1-3H3/t13-,14+,19+,23-/m0/s1. The van der Waals surface area contributed by atoms with Crippen LogP contribution >= 0.6 is 11.3 Å². The van der Waals surface area contributed by atoms with Crippen molar-refractivity contribution in [2.24, 2.45) is 11.7 Å². The number of halogens is 2. The van der Waals surface area contributed by atoms with Crippen molar-refractivity contribution in [2.45, 2.75) is 44.2 Å². The summed E-state index contributed by atoms with van der Waals surface area (Å²) >= 11 is 0.866. The number of rotatable bonds is 6. The van der Waals surface area contributed by atoms with Gasteiger partial charge in [0.15, 0.2) is 5.78 Å². The maximum atomic E-state index is 14.2. The number of Topliss-reactive ketones (excluding diaryl/α,β-unsaturated/α-hetero) is 1. The number of nitrogens with zero attached hydrogens (tertiary/aromatic N) is 3. The number of hydrogen-bond donors (Lipinski definition) is 2. The molecular formula is C26H29F2N5O3S. The lowest BCUT2D eigenvalue weighted by atomic mass is 9.72. The summed E-state index contributed by atoms with van der Waals surface area (Å²) in [7, 11) is 3.02. The van der Waals surface area contributed by atoms with Crippen molar-refractivity contribution < 1.29 is 23.1 Å². The van der Waals surface area contributed by atoms with Crippen molar-refractivity contribution in [3.63, 3.8) is 0 Å². The van der Waals surface area contributed by atoms with Crippen LogP contribution in [0.1, 0.15) is 47.3 Å². The van der Waals surface area contributed by atoms with Gasteiger partial charge in [0, 0.05) is 31.9 Å². The van der Waals surface area contributed by atoms with Crippen molar-refractivity contribution in [3.8, 4) is 10.6 Å². The number of hydrogen-bond acceptors (Lipinski definition) is 8. The van der Waals surface area contributed by atoms with Gasteiger partial charge in [-0.25, -0.2) is 18.6 Å². The van der Waals surface area contributed by atoms with Gasteiger partial charge in [0.05, 0.1) is 18.7 Å². The molecule has 0 bridgehead atoms. The Hall–Kier alpha value is -3.44. The van der Waals surface area contributed by atoms with Gasteiger partial charge in [0.1, 0.15) is 27.3 Å². The number of ketones is 1. The average molecular weight is 530 g/mol. The molecular weight excluding hydrogens is 500 g/mol. The van der Waals surface area contributed by atoms with E-state index in [1.165, 1.54) is 13.2 Å². The van der Waals surface area contributed by atoms with Crippen LogP contribution in [0.15, 0.2) is 36.7 Å². The van der Waals surface area contributed by atoms with Gasteiger partial charge >= 0.3 is 6.09 Å². The molecule has 2 aromatic heterocycles. The Labute approximate surface area is 217 Å². The minimum Gasteiger partial charge on any atom is -0.453 e. The zero-order valence-corrected chi connectivity index (χ0v) is 21.6. The number of amides is 1. The Bertz CT molecular complexity index is 1280. The highest BCUT2D eigenvalue weighted by molar-refractivity contribution is 7.19. The number of aromatic nitrogens is 2. The Balaban J connectivity index is 1.56. The number of carbonyl (C=O) groups excluding carboxylic acids is 2. The summed E-state index contributed by atoms with van der Waals surface area (Å²) in [6.45, 7) is 2.04. The van der Waals surface area contributed by atoms with Crippen LogP contribution in [0, 0.1) is 17.6 Å². The maximum Gasteiger partial charge on any atom is 0.409 e. The fraction of sp³-hybridized carbons (Fsp3) is 0.385. The van der Waals surface area contributed by atoms with Gasteiger partial charge in [-0.15, -0.1) is 0 Å². The number of ether oxygens (including phenoxy) is 1. The van der Waals surface area contributed by atoms with E-state index >= 15 is 0 Å². The second-order valence-electron chi connectivity index (χ2n) is 9.38. The van der Waals surface area contributed by atoms with Gasteiger partial charge in [0.2, 0.25) is 0 Å². The van der Waals surface area contributed by atoms with Crippen LogP contribution in [0.25, 0.3) is 10.6 Å². The number of pyridine rings is 1. The lowest BCUT2D eigenvalue weighted by Crippen LogP contribution is -2.55. The predicted molar refractivity (Wildman–Crippen MR) is 137 cm³/mol. The molecule has 4 N–H and O–H groups in total. The number of anilines is 1. The molecule has 1 aromatic carbocycles. The van der Waals surface area contributed by atoms with Gasteiger partial charge in [-0.1, -0.05) is 24.3 Å². The molecule has 0 saturated heterocycles. The van der Waals surface area contributed by atoms with Crippen LogP contribution in [0.2, 0.25) is 0 Å². The van der Waals surface area contributed by atoms with E-state index in [0.29, 0.717) is 12.0 Å². The van der Waals surface area contributed by atoms with Crippen LogP contribution < -0.4 is 11.5 Å². The van der Waals surface area contributed by atoms with Crippen molar-refractivity contribution in [1.82, 2.24) is 14.9 Å². The van der Waals surface area contributed by atoms with E-state index in [1.807, 2.05) is 13.0 Å². The molecule has 0 spiro atoms. The van der Waals surface area contributed by atoms with Gasteiger partial charge in [-0.3, -0.25) is 9.78 Å². The SMILES string of the molecule is COC(=O)N(C)[C@@H]1[C@H](N)C[C@H](c2ccncc2CC(=O)c2nc(-c3c(F)cccc3F)sc2N)C[C@@H]1C. The lowest BCUT2D eigenvalue weighted by molar-refractivity contribution is 0.0776. The third-order valence-electron chi connectivity index (χ3n) is 6.97. The van der Waals surface area contributed by atoms with Crippen molar-refractivity contribution in [2.75, 3.05) is 19.9 Å². The van der Waals surface area contributed by atoms with Gasteiger partial charge in [-0.05, 0) is 54.0 Å². The molecule has 1 amide bonds. The molecule has 1 aliphatic rings. The van der Waals surface area contributed by atoms with E-state index < -0.39 is 17.7 Å². The Kier molecular flexibility index (Phi) is 7.84. The van der Waals surface area contributed by atoms with E-state index in [4.69, 9.17) is 16.2 Å². The first-order valence-corrected chi connectivity index (χ1v) is 12.7. The molecule has 2 heterocycles. The summed E-state index contributed by atoms with van der Waals surface area (Å²) < 4.78 is 33.3. The maximum absolute atomic E-state index is 14.2. The summed E-state index contributed by atoms with van der Waals surface area (Å²) in [6, 6.07) is 4.92. The topological polar surface area (TPSA) is 124 Å². The molecule has 37 heavy (non-hydrogen) atoms. The summed E-state index contributed by atoms with van der Waals surface area (Å²) in [6.07, 6.45) is 4.20. The van der Waals surface area contributed by atoms with Crippen molar-refractivity contribution in [3.05, 3.63) is 65.1 Å². The average Bonchev–Trinajstić information content (AvgIpc) is 3.24. The van der Waals surface area contributed by atoms with E-state index in [-0.39, 0.29) is 57.4 Å². The highest BCUT2D eigenvalue weighted by atomic mass is 32.1. The molecule has 0 aliphatic heterocycles. The Morgan fingerprint density at radius 2 is 1.92 bits per heavy atom. The summed E-state index contributed by atoms with van der Waals surface area (Å²) in [5.74, 6) is -1.79. The first kappa shape index (κ1) is 26.6. The molecule has 0 radical (unpaired) electrons. The van der Waals surface area contributed by atoms with E-state index in [0.717, 1.165) is 35.5 Å². The van der Waals surface area contributed by atoms with E-state index in [9.17, 15) is 18.4 Å². The monoisotopic (exact) mass is 529 g/mol. The van der Waals surface area contributed by atoms with E-state index in [1.54, 1.807) is 24.3 Å². The van der Waals surface area contributed by atoms with Crippen LogP contribution in [0.5, 0.6) is 0 Å². The lowest BCUT2D eigenvalue weighted by Gasteiger charge is -2.43. The van der Waals surface area contributed by atoms with Crippen molar-refractivity contribution >= 4 is 28.2 Å². The fourth-order valence-electron chi connectivity index (χ4n) is 5.34. The van der Waals surface area contributed by atoms with Crippen LogP contribution in [0.4, 0.5) is 18.6 Å². The zero-order valence-electron chi connectivity index (χ0n) is 20.8. The third kappa shape index (κ3) is 5.33. The van der Waals surface area contributed by atoms with Crippen LogP contribution in [-0.2, 0) is 11.2 Å². The molecule has 11 heteroatoms. The molecule has 196 valence electrons. The molecule has 8 nitrogen and oxygen atoms in total. The number of benzene rings is 1. The van der Waals surface area contributed by atoms with Gasteiger partial charge < -0.3 is 21.1 Å². The molecule has 1 aliphatic carbocycles. The predicted octanol–water partition coefficient (Wildman–Crippen LogP) is 4.40. The smallest absolute Gasteiger partial charge is 0.409 e. The molecule has 0 unspecified atom stereocenters. The Morgan fingerprint density at radius 1 is 1.22 bits per heavy atom. The highest BCUT2D eigenvalue weighted by Crippen LogP contribution is 2.39. The fourth-order valence-corrected chi connectivity index (χ4v) is 6.24.